The third kappa shape index (κ3) is 5.54. The van der Waals surface area contributed by atoms with Crippen molar-refractivity contribution in [1.82, 2.24) is 9.80 Å². The highest BCUT2D eigenvalue weighted by Gasteiger charge is 2.45. The number of amides is 2. The number of benzene rings is 2. The topological polar surface area (TPSA) is 40.6 Å². The lowest BCUT2D eigenvalue weighted by Crippen LogP contribution is -2.43. The van der Waals surface area contributed by atoms with Gasteiger partial charge in [0.25, 0.3) is 0 Å². The first-order valence-electron chi connectivity index (χ1n) is 10.9. The van der Waals surface area contributed by atoms with Crippen LogP contribution in [0.15, 0.2) is 90.8 Å². The van der Waals surface area contributed by atoms with Crippen LogP contribution in [-0.4, -0.2) is 34.7 Å². The van der Waals surface area contributed by atoms with Crippen LogP contribution in [0.3, 0.4) is 0 Å². The zero-order chi connectivity index (χ0) is 22.3. The molecule has 0 aliphatic heterocycles. The summed E-state index contributed by atoms with van der Waals surface area (Å²) in [5.74, 6) is 0.194. The van der Waals surface area contributed by atoms with Crippen molar-refractivity contribution in [2.24, 2.45) is 5.92 Å². The molecule has 1 heterocycles. The van der Waals surface area contributed by atoms with Gasteiger partial charge in [-0.2, -0.15) is 0 Å². The Morgan fingerprint density at radius 1 is 0.938 bits per heavy atom. The van der Waals surface area contributed by atoms with Crippen LogP contribution in [0.5, 0.6) is 0 Å². The molecule has 2 unspecified atom stereocenters. The maximum absolute atomic E-state index is 13.4. The minimum absolute atomic E-state index is 0.0443. The van der Waals surface area contributed by atoms with E-state index < -0.39 is 0 Å². The second-order valence-electron chi connectivity index (χ2n) is 8.18. The normalized spacial score (nSPS) is 16.9. The van der Waals surface area contributed by atoms with Gasteiger partial charge in [-0.05, 0) is 34.9 Å². The maximum Gasteiger partial charge on any atom is 0.242 e. The Kier molecular flexibility index (Phi) is 7.17. The lowest BCUT2D eigenvalue weighted by Gasteiger charge is -2.27. The third-order valence-corrected chi connectivity index (χ3v) is 6.68. The van der Waals surface area contributed by atoms with Crippen LogP contribution in [0.1, 0.15) is 28.3 Å². The molecule has 2 amide bonds. The quantitative estimate of drug-likeness (QED) is 0.409. The molecule has 2 atom stereocenters. The van der Waals surface area contributed by atoms with E-state index in [1.165, 1.54) is 5.56 Å². The van der Waals surface area contributed by atoms with Crippen molar-refractivity contribution >= 4 is 23.2 Å². The Morgan fingerprint density at radius 2 is 1.66 bits per heavy atom. The summed E-state index contributed by atoms with van der Waals surface area (Å²) in [4.78, 5) is 31.2. The van der Waals surface area contributed by atoms with E-state index in [1.807, 2.05) is 70.9 Å². The van der Waals surface area contributed by atoms with Crippen LogP contribution in [-0.2, 0) is 22.7 Å². The summed E-state index contributed by atoms with van der Waals surface area (Å²) in [7, 11) is 0. The molecular formula is C27H28N2O2S. The third-order valence-electron chi connectivity index (χ3n) is 5.82. The SMILES string of the molecule is C=CCN(CC(=O)N(Cc1ccccc1)Cc1cccs1)C(=O)C1CC1c1ccccc1. The van der Waals surface area contributed by atoms with Crippen LogP contribution in [0, 0.1) is 5.92 Å². The minimum atomic E-state index is -0.0509. The second kappa shape index (κ2) is 10.4. The molecule has 0 bridgehead atoms. The molecule has 0 N–H and O–H groups in total. The van der Waals surface area contributed by atoms with Gasteiger partial charge in [-0.25, -0.2) is 0 Å². The number of thiophene rings is 1. The Labute approximate surface area is 193 Å². The summed E-state index contributed by atoms with van der Waals surface area (Å²) >= 11 is 1.64. The number of rotatable bonds is 10. The Morgan fingerprint density at radius 3 is 2.31 bits per heavy atom. The molecule has 5 heteroatoms. The molecule has 1 saturated carbocycles. The van der Waals surface area contributed by atoms with E-state index in [-0.39, 0.29) is 30.2 Å². The van der Waals surface area contributed by atoms with Crippen molar-refractivity contribution in [2.45, 2.75) is 25.4 Å². The van der Waals surface area contributed by atoms with Gasteiger partial charge in [0.1, 0.15) is 6.54 Å². The fourth-order valence-corrected chi connectivity index (χ4v) is 4.77. The van der Waals surface area contributed by atoms with Crippen LogP contribution in [0.4, 0.5) is 0 Å². The summed E-state index contributed by atoms with van der Waals surface area (Å²) in [6, 6.07) is 24.2. The predicted octanol–water partition coefficient (Wildman–Crippen LogP) is 5.10. The van der Waals surface area contributed by atoms with Gasteiger partial charge in [-0.1, -0.05) is 72.8 Å². The lowest BCUT2D eigenvalue weighted by molar-refractivity contribution is -0.141. The van der Waals surface area contributed by atoms with Gasteiger partial charge < -0.3 is 9.80 Å². The molecule has 0 spiro atoms. The van der Waals surface area contributed by atoms with E-state index in [4.69, 9.17) is 0 Å². The molecule has 4 nitrogen and oxygen atoms in total. The Bertz CT molecular complexity index is 1030. The maximum atomic E-state index is 13.4. The first-order chi connectivity index (χ1) is 15.7. The van der Waals surface area contributed by atoms with Gasteiger partial charge in [0, 0.05) is 23.9 Å². The molecule has 32 heavy (non-hydrogen) atoms. The van der Waals surface area contributed by atoms with E-state index in [9.17, 15) is 9.59 Å². The van der Waals surface area contributed by atoms with Crippen molar-refractivity contribution in [3.63, 3.8) is 0 Å². The van der Waals surface area contributed by atoms with Crippen molar-refractivity contribution in [2.75, 3.05) is 13.1 Å². The smallest absolute Gasteiger partial charge is 0.242 e. The summed E-state index contributed by atoms with van der Waals surface area (Å²) in [6.45, 7) is 5.31. The number of carbonyl (C=O) groups is 2. The Hall–Kier alpha value is -3.18. The largest absolute Gasteiger partial charge is 0.332 e. The summed E-state index contributed by atoms with van der Waals surface area (Å²) < 4.78 is 0. The summed E-state index contributed by atoms with van der Waals surface area (Å²) in [5.41, 5.74) is 2.27. The average molecular weight is 445 g/mol. The molecular weight excluding hydrogens is 416 g/mol. The first-order valence-corrected chi connectivity index (χ1v) is 11.8. The predicted molar refractivity (Wildman–Crippen MR) is 129 cm³/mol. The van der Waals surface area contributed by atoms with Gasteiger partial charge in [0.2, 0.25) is 11.8 Å². The van der Waals surface area contributed by atoms with Crippen molar-refractivity contribution in [3.05, 3.63) is 107 Å². The fraction of sp³-hybridized carbons (Fsp3) is 0.259. The summed E-state index contributed by atoms with van der Waals surface area (Å²) in [5, 5.41) is 2.02. The van der Waals surface area contributed by atoms with Crippen LogP contribution >= 0.6 is 11.3 Å². The van der Waals surface area contributed by atoms with E-state index in [1.54, 1.807) is 22.3 Å². The molecule has 2 aromatic carbocycles. The molecule has 1 aromatic heterocycles. The number of carbonyl (C=O) groups excluding carboxylic acids is 2. The molecule has 1 aliphatic carbocycles. The Balaban J connectivity index is 1.45. The highest BCUT2D eigenvalue weighted by molar-refractivity contribution is 7.09. The zero-order valence-corrected chi connectivity index (χ0v) is 18.9. The van der Waals surface area contributed by atoms with Gasteiger partial charge in [-0.3, -0.25) is 9.59 Å². The van der Waals surface area contributed by atoms with Gasteiger partial charge in [-0.15, -0.1) is 17.9 Å². The van der Waals surface area contributed by atoms with E-state index >= 15 is 0 Å². The van der Waals surface area contributed by atoms with Crippen LogP contribution in [0.2, 0.25) is 0 Å². The van der Waals surface area contributed by atoms with Gasteiger partial charge >= 0.3 is 0 Å². The second-order valence-corrected chi connectivity index (χ2v) is 9.21. The molecule has 1 fully saturated rings. The highest BCUT2D eigenvalue weighted by Crippen LogP contribution is 2.48. The van der Waals surface area contributed by atoms with Crippen molar-refractivity contribution < 1.29 is 9.59 Å². The van der Waals surface area contributed by atoms with Gasteiger partial charge in [0.05, 0.1) is 6.54 Å². The zero-order valence-electron chi connectivity index (χ0n) is 18.1. The number of hydrogen-bond acceptors (Lipinski definition) is 3. The van der Waals surface area contributed by atoms with E-state index in [0.29, 0.717) is 19.6 Å². The summed E-state index contributed by atoms with van der Waals surface area (Å²) in [6.07, 6.45) is 2.54. The number of hydrogen-bond donors (Lipinski definition) is 0. The molecule has 0 saturated heterocycles. The molecule has 164 valence electrons. The van der Waals surface area contributed by atoms with Crippen LogP contribution < -0.4 is 0 Å². The van der Waals surface area contributed by atoms with E-state index in [2.05, 4.69) is 18.7 Å². The van der Waals surface area contributed by atoms with Gasteiger partial charge in [0.15, 0.2) is 0 Å². The van der Waals surface area contributed by atoms with E-state index in [0.717, 1.165) is 16.9 Å². The highest BCUT2D eigenvalue weighted by atomic mass is 32.1. The van der Waals surface area contributed by atoms with Crippen molar-refractivity contribution in [1.29, 1.82) is 0 Å². The fourth-order valence-electron chi connectivity index (χ4n) is 4.05. The minimum Gasteiger partial charge on any atom is -0.332 e. The standard InChI is InChI=1S/C27H28N2O2S/c1-2-15-28(27(31)25-17-24(25)22-12-7-4-8-13-22)20-26(30)29(19-23-14-9-16-32-23)18-21-10-5-3-6-11-21/h2-14,16,24-25H,1,15,17-20H2. The molecule has 1 aliphatic rings. The monoisotopic (exact) mass is 444 g/mol. The number of nitrogens with zero attached hydrogens (tertiary/aromatic N) is 2. The molecule has 3 aromatic rings. The lowest BCUT2D eigenvalue weighted by atomic mass is 10.1. The van der Waals surface area contributed by atoms with Crippen LogP contribution in [0.25, 0.3) is 0 Å². The first kappa shape index (κ1) is 22.0. The molecule has 4 rings (SSSR count). The van der Waals surface area contributed by atoms with Crippen molar-refractivity contribution in [3.8, 4) is 0 Å². The molecule has 0 radical (unpaired) electrons. The average Bonchev–Trinajstić information content (AvgIpc) is 3.46.